The molecule has 6 unspecified atom stereocenters. The molecule has 0 saturated heterocycles. The molecular formula is C42H71N3O3. The number of carbonyl (C=O) groups excluding carboxylic acids is 2. The van der Waals surface area contributed by atoms with Crippen molar-refractivity contribution in [3.8, 4) is 0 Å². The molecule has 48 heavy (non-hydrogen) atoms. The lowest BCUT2D eigenvalue weighted by Gasteiger charge is -2.28. The van der Waals surface area contributed by atoms with Crippen LogP contribution in [0.5, 0.6) is 0 Å². The van der Waals surface area contributed by atoms with Gasteiger partial charge in [0.25, 0.3) is 0 Å². The molecule has 0 radical (unpaired) electrons. The maximum Gasteiger partial charge on any atom is 0.305 e. The van der Waals surface area contributed by atoms with E-state index >= 15 is 0 Å². The van der Waals surface area contributed by atoms with Gasteiger partial charge in [-0.25, -0.2) is 0 Å². The van der Waals surface area contributed by atoms with Crippen LogP contribution in [0.1, 0.15) is 144 Å². The molecule has 1 aromatic carbocycles. The van der Waals surface area contributed by atoms with Gasteiger partial charge in [0.2, 0.25) is 0 Å². The van der Waals surface area contributed by atoms with E-state index in [9.17, 15) is 9.59 Å². The van der Waals surface area contributed by atoms with Crippen LogP contribution in [0.2, 0.25) is 0 Å². The first-order valence-corrected chi connectivity index (χ1v) is 19.0. The quantitative estimate of drug-likeness (QED) is 0.223. The van der Waals surface area contributed by atoms with Crippen LogP contribution in [0, 0.1) is 89.9 Å². The molecular weight excluding hydrogens is 594 g/mol. The summed E-state index contributed by atoms with van der Waals surface area (Å²) in [5, 5.41) is 7.61. The summed E-state index contributed by atoms with van der Waals surface area (Å²) in [6.07, 6.45) is 11.0. The number of nitrogens with zero attached hydrogens (tertiary/aromatic N) is 3. The zero-order valence-electron chi connectivity index (χ0n) is 33.4. The van der Waals surface area contributed by atoms with Gasteiger partial charge in [0.1, 0.15) is 5.78 Å². The number of benzene rings is 1. The number of ketones is 1. The normalized spacial score (nSPS) is 24.0. The van der Waals surface area contributed by atoms with Crippen LogP contribution in [0.3, 0.4) is 0 Å². The summed E-state index contributed by atoms with van der Waals surface area (Å²) in [5.41, 5.74) is 10.3. The van der Waals surface area contributed by atoms with Gasteiger partial charge in [-0.3, -0.25) is 14.3 Å². The molecule has 0 N–H and O–H groups in total. The number of hydrogen-bond donors (Lipinski definition) is 0. The Morgan fingerprint density at radius 3 is 1.65 bits per heavy atom. The Morgan fingerprint density at radius 1 is 0.729 bits per heavy atom. The largest absolute Gasteiger partial charge is 0.469 e. The van der Waals surface area contributed by atoms with Gasteiger partial charge >= 0.3 is 5.97 Å². The van der Waals surface area contributed by atoms with E-state index in [0.717, 1.165) is 60.7 Å². The summed E-state index contributed by atoms with van der Waals surface area (Å²) < 4.78 is 6.58. The number of Topliss-reactive ketones (excluding diaryl/α,β-unsaturated/α-hetero) is 1. The van der Waals surface area contributed by atoms with E-state index in [1.807, 2.05) is 20.9 Å². The third kappa shape index (κ3) is 11.5. The van der Waals surface area contributed by atoms with E-state index in [-0.39, 0.29) is 5.97 Å². The number of aryl methyl sites for hydroxylation is 2. The van der Waals surface area contributed by atoms with Crippen LogP contribution in [-0.4, -0.2) is 33.9 Å². The van der Waals surface area contributed by atoms with Crippen molar-refractivity contribution in [1.29, 1.82) is 0 Å². The molecule has 2 aliphatic rings. The fourth-order valence-corrected chi connectivity index (χ4v) is 8.06. The minimum atomic E-state index is -0.123. The first kappa shape index (κ1) is 41.7. The van der Waals surface area contributed by atoms with Gasteiger partial charge < -0.3 is 4.74 Å². The van der Waals surface area contributed by atoms with E-state index in [2.05, 4.69) is 79.5 Å². The number of methoxy groups -OCH3 is 1. The van der Waals surface area contributed by atoms with Crippen molar-refractivity contribution in [2.45, 2.75) is 154 Å². The molecule has 0 aliphatic heterocycles. The molecule has 1 aromatic heterocycles. The number of rotatable bonds is 11. The number of ether oxygens (including phenoxy) is 1. The molecule has 0 bridgehead atoms. The van der Waals surface area contributed by atoms with E-state index in [4.69, 9.17) is 4.74 Å². The maximum absolute atomic E-state index is 12.9. The zero-order chi connectivity index (χ0) is 36.3. The molecule has 1 heterocycles. The molecule has 272 valence electrons. The number of aromatic nitrogens is 3. The predicted molar refractivity (Wildman–Crippen MR) is 200 cm³/mol. The van der Waals surface area contributed by atoms with Gasteiger partial charge in [0.05, 0.1) is 18.5 Å². The SMILES string of the molecule is CC1CCC(C)C1C.COC(=O)CCCC(CCC(=O)CCc1c(C)c(C)c(C)c(C)c1C)C1CCC(C)C1C.Cc1nnn(C)c1C. The van der Waals surface area contributed by atoms with E-state index in [1.165, 1.54) is 66.2 Å². The van der Waals surface area contributed by atoms with Gasteiger partial charge in [0.15, 0.2) is 0 Å². The highest BCUT2D eigenvalue weighted by atomic mass is 16.5. The van der Waals surface area contributed by atoms with E-state index in [0.29, 0.717) is 42.8 Å². The molecule has 6 heteroatoms. The topological polar surface area (TPSA) is 74.1 Å². The lowest BCUT2D eigenvalue weighted by molar-refractivity contribution is -0.140. The number of esters is 1. The number of carbonyl (C=O) groups is 2. The van der Waals surface area contributed by atoms with Crippen LogP contribution in [0.4, 0.5) is 0 Å². The highest BCUT2D eigenvalue weighted by Gasteiger charge is 2.35. The molecule has 6 nitrogen and oxygen atoms in total. The molecule has 2 saturated carbocycles. The monoisotopic (exact) mass is 666 g/mol. The van der Waals surface area contributed by atoms with Crippen LogP contribution in [0.15, 0.2) is 0 Å². The molecule has 2 aromatic rings. The van der Waals surface area contributed by atoms with Crippen LogP contribution in [0.25, 0.3) is 0 Å². The summed E-state index contributed by atoms with van der Waals surface area (Å²) in [4.78, 5) is 24.5. The molecule has 4 rings (SSSR count). The Labute approximate surface area is 294 Å². The Kier molecular flexibility index (Phi) is 17.0. The van der Waals surface area contributed by atoms with Crippen molar-refractivity contribution in [2.75, 3.05) is 7.11 Å². The van der Waals surface area contributed by atoms with Crippen LogP contribution in [-0.2, 0) is 27.8 Å². The Balaban J connectivity index is 0.000000402. The molecule has 0 spiro atoms. The lowest BCUT2D eigenvalue weighted by Crippen LogP contribution is -2.21. The summed E-state index contributed by atoms with van der Waals surface area (Å²) in [6.45, 7) is 26.8. The first-order valence-electron chi connectivity index (χ1n) is 19.0. The van der Waals surface area contributed by atoms with E-state index in [1.54, 1.807) is 4.68 Å². The number of hydrogen-bond acceptors (Lipinski definition) is 5. The third-order valence-corrected chi connectivity index (χ3v) is 13.1. The average molecular weight is 666 g/mol. The minimum Gasteiger partial charge on any atom is -0.469 e. The van der Waals surface area contributed by atoms with Crippen LogP contribution < -0.4 is 0 Å². The Morgan fingerprint density at radius 2 is 1.25 bits per heavy atom. The van der Waals surface area contributed by atoms with Gasteiger partial charge in [-0.2, -0.15) is 0 Å². The molecule has 6 atom stereocenters. The van der Waals surface area contributed by atoms with Gasteiger partial charge in [0, 0.05) is 26.3 Å². The van der Waals surface area contributed by atoms with E-state index < -0.39 is 0 Å². The van der Waals surface area contributed by atoms with Crippen molar-refractivity contribution >= 4 is 11.8 Å². The predicted octanol–water partition coefficient (Wildman–Crippen LogP) is 10.3. The summed E-state index contributed by atoms with van der Waals surface area (Å²) in [5.74, 6) is 5.91. The summed E-state index contributed by atoms with van der Waals surface area (Å²) in [7, 11) is 3.34. The average Bonchev–Trinajstić information content (AvgIpc) is 3.67. The maximum atomic E-state index is 12.9. The van der Waals surface area contributed by atoms with Gasteiger partial charge in [-0.15, -0.1) is 5.10 Å². The second-order valence-corrected chi connectivity index (χ2v) is 15.8. The van der Waals surface area contributed by atoms with Crippen molar-refractivity contribution < 1.29 is 14.3 Å². The van der Waals surface area contributed by atoms with Gasteiger partial charge in [-0.1, -0.05) is 59.1 Å². The zero-order valence-corrected chi connectivity index (χ0v) is 33.4. The minimum absolute atomic E-state index is 0.123. The summed E-state index contributed by atoms with van der Waals surface area (Å²) >= 11 is 0. The highest BCUT2D eigenvalue weighted by molar-refractivity contribution is 5.78. The lowest BCUT2D eigenvalue weighted by atomic mass is 9.77. The van der Waals surface area contributed by atoms with Crippen molar-refractivity contribution in [2.24, 2.45) is 48.5 Å². The van der Waals surface area contributed by atoms with Crippen LogP contribution >= 0.6 is 0 Å². The van der Waals surface area contributed by atoms with Crippen molar-refractivity contribution in [3.05, 3.63) is 44.8 Å². The third-order valence-electron chi connectivity index (χ3n) is 13.1. The summed E-state index contributed by atoms with van der Waals surface area (Å²) in [6, 6.07) is 0. The smallest absolute Gasteiger partial charge is 0.305 e. The second-order valence-electron chi connectivity index (χ2n) is 15.8. The highest BCUT2D eigenvalue weighted by Crippen LogP contribution is 2.44. The van der Waals surface area contributed by atoms with Crippen molar-refractivity contribution in [1.82, 2.24) is 15.0 Å². The van der Waals surface area contributed by atoms with Crippen molar-refractivity contribution in [3.63, 3.8) is 0 Å². The molecule has 0 amide bonds. The standard InChI is InChI=1S/C29H46O3.C8H16.C5H9N3/c1-18-12-16-28(19(18)2)25(10-9-11-29(31)32-8)13-14-26(30)15-17-27-23(6)21(4)20(3)22(5)24(27)7;1-6-4-5-7(2)8(6)3;1-4-5(2)8(3)7-6-4/h18-19,25,28H,9-17H2,1-8H3;6-8H,4-5H2,1-3H3;1-3H3. The Bertz CT molecular complexity index is 1270. The fraction of sp³-hybridized carbons (Fsp3) is 0.762. The second kappa shape index (κ2) is 19.6. The molecule has 2 fully saturated rings. The first-order chi connectivity index (χ1) is 22.5. The molecule has 2 aliphatic carbocycles. The fourth-order valence-electron chi connectivity index (χ4n) is 8.06. The van der Waals surface area contributed by atoms with Gasteiger partial charge in [-0.05, 0) is 155 Å². The Hall–Kier alpha value is -2.50.